The van der Waals surface area contributed by atoms with Crippen LogP contribution in [0.15, 0.2) is 0 Å². The van der Waals surface area contributed by atoms with Crippen LogP contribution in [-0.4, -0.2) is 31.7 Å². The topological polar surface area (TPSA) is 64.4 Å². The lowest BCUT2D eigenvalue weighted by Crippen LogP contribution is -2.48. The third-order valence-electron chi connectivity index (χ3n) is 4.69. The van der Waals surface area contributed by atoms with Gasteiger partial charge < -0.3 is 15.8 Å². The van der Waals surface area contributed by atoms with Gasteiger partial charge in [-0.3, -0.25) is 4.79 Å². The highest BCUT2D eigenvalue weighted by molar-refractivity contribution is 5.85. The number of rotatable bonds is 4. The molecule has 3 N–H and O–H groups in total. The molecule has 0 aromatic heterocycles. The lowest BCUT2D eigenvalue weighted by Gasteiger charge is -2.29. The summed E-state index contributed by atoms with van der Waals surface area (Å²) in [5, 5.41) is 3.07. The summed E-state index contributed by atoms with van der Waals surface area (Å²) in [6, 6.07) is -0.357. The largest absolute Gasteiger partial charge is 0.381 e. The molecule has 1 heterocycles. The first-order valence-electron chi connectivity index (χ1n) is 7.78. The van der Waals surface area contributed by atoms with Crippen molar-refractivity contribution < 1.29 is 9.53 Å². The maximum absolute atomic E-state index is 12.1. The van der Waals surface area contributed by atoms with Crippen LogP contribution >= 0.6 is 12.4 Å². The van der Waals surface area contributed by atoms with Crippen LogP contribution in [0.4, 0.5) is 0 Å². The van der Waals surface area contributed by atoms with Crippen LogP contribution in [-0.2, 0) is 9.53 Å². The summed E-state index contributed by atoms with van der Waals surface area (Å²) in [4.78, 5) is 12.1. The minimum absolute atomic E-state index is 0. The molecule has 1 saturated carbocycles. The van der Waals surface area contributed by atoms with Crippen molar-refractivity contribution in [2.45, 2.75) is 51.5 Å². The summed E-state index contributed by atoms with van der Waals surface area (Å²) >= 11 is 0. The molecule has 3 atom stereocenters. The lowest BCUT2D eigenvalue weighted by atomic mass is 9.82. The Kier molecular flexibility index (Phi) is 7.85. The van der Waals surface area contributed by atoms with E-state index in [1.807, 2.05) is 0 Å². The van der Waals surface area contributed by atoms with Gasteiger partial charge in [-0.15, -0.1) is 12.4 Å². The average Bonchev–Trinajstić information content (AvgIpc) is 2.45. The monoisotopic (exact) mass is 304 g/mol. The number of carbonyl (C=O) groups is 1. The molecule has 2 fully saturated rings. The van der Waals surface area contributed by atoms with Gasteiger partial charge in [0.1, 0.15) is 0 Å². The second kappa shape index (κ2) is 8.85. The van der Waals surface area contributed by atoms with Gasteiger partial charge in [-0.25, -0.2) is 0 Å². The first-order chi connectivity index (χ1) is 9.16. The lowest BCUT2D eigenvalue weighted by molar-refractivity contribution is -0.124. The highest BCUT2D eigenvalue weighted by Crippen LogP contribution is 2.28. The Morgan fingerprint density at radius 1 is 1.30 bits per heavy atom. The van der Waals surface area contributed by atoms with Gasteiger partial charge in [-0.2, -0.15) is 0 Å². The van der Waals surface area contributed by atoms with E-state index in [-0.39, 0.29) is 24.4 Å². The van der Waals surface area contributed by atoms with E-state index < -0.39 is 0 Å². The van der Waals surface area contributed by atoms with Crippen molar-refractivity contribution in [1.29, 1.82) is 0 Å². The molecular formula is C15H29ClN2O2. The number of nitrogens with two attached hydrogens (primary N) is 1. The summed E-state index contributed by atoms with van der Waals surface area (Å²) in [5.74, 6) is 1.78. The number of hydrogen-bond acceptors (Lipinski definition) is 3. The first kappa shape index (κ1) is 17.7. The fourth-order valence-corrected chi connectivity index (χ4v) is 3.40. The predicted octanol–water partition coefficient (Wildman–Crippen LogP) is 2.10. The van der Waals surface area contributed by atoms with Crippen molar-refractivity contribution in [3.63, 3.8) is 0 Å². The standard InChI is InChI=1S/C15H28N2O2.ClH/c1-11-3-2-4-12(9-11)10-17-15(18)14(16)13-5-7-19-8-6-13;/h11-14H,2-10,16H2,1H3,(H,17,18);1H. The third kappa shape index (κ3) is 5.23. The fraction of sp³-hybridized carbons (Fsp3) is 0.933. The van der Waals surface area contributed by atoms with Crippen LogP contribution in [0.5, 0.6) is 0 Å². The minimum Gasteiger partial charge on any atom is -0.381 e. The molecule has 5 heteroatoms. The van der Waals surface area contributed by atoms with E-state index in [0.717, 1.165) is 38.5 Å². The van der Waals surface area contributed by atoms with Crippen LogP contribution in [0, 0.1) is 17.8 Å². The van der Waals surface area contributed by atoms with E-state index in [1.165, 1.54) is 25.7 Å². The van der Waals surface area contributed by atoms with Gasteiger partial charge in [0.15, 0.2) is 0 Å². The summed E-state index contributed by atoms with van der Waals surface area (Å²) < 4.78 is 5.31. The molecule has 1 aliphatic heterocycles. The molecule has 118 valence electrons. The molecule has 2 rings (SSSR count). The van der Waals surface area contributed by atoms with Gasteiger partial charge in [-0.1, -0.05) is 19.8 Å². The summed E-state index contributed by atoms with van der Waals surface area (Å²) in [6.07, 6.45) is 6.95. The Hall–Kier alpha value is -0.320. The molecular weight excluding hydrogens is 276 g/mol. The van der Waals surface area contributed by atoms with Crippen molar-refractivity contribution in [2.75, 3.05) is 19.8 Å². The van der Waals surface area contributed by atoms with Gasteiger partial charge in [0.25, 0.3) is 0 Å². The van der Waals surface area contributed by atoms with Gasteiger partial charge in [-0.05, 0) is 43.4 Å². The van der Waals surface area contributed by atoms with Gasteiger partial charge in [0, 0.05) is 19.8 Å². The van der Waals surface area contributed by atoms with Crippen molar-refractivity contribution in [3.8, 4) is 0 Å². The molecule has 1 saturated heterocycles. The molecule has 0 spiro atoms. The Labute approximate surface area is 128 Å². The summed E-state index contributed by atoms with van der Waals surface area (Å²) in [5.41, 5.74) is 6.07. The van der Waals surface area contributed by atoms with Gasteiger partial charge in [0.2, 0.25) is 5.91 Å². The van der Waals surface area contributed by atoms with E-state index in [1.54, 1.807) is 0 Å². The maximum Gasteiger partial charge on any atom is 0.237 e. The molecule has 4 nitrogen and oxygen atoms in total. The van der Waals surface area contributed by atoms with E-state index in [9.17, 15) is 4.79 Å². The van der Waals surface area contributed by atoms with Crippen molar-refractivity contribution >= 4 is 18.3 Å². The zero-order valence-electron chi connectivity index (χ0n) is 12.5. The van der Waals surface area contributed by atoms with Crippen LogP contribution in [0.2, 0.25) is 0 Å². The molecule has 0 aromatic carbocycles. The second-order valence-electron chi connectivity index (χ2n) is 6.36. The normalized spacial score (nSPS) is 29.3. The zero-order chi connectivity index (χ0) is 13.7. The maximum atomic E-state index is 12.1. The molecule has 1 aliphatic carbocycles. The summed E-state index contributed by atoms with van der Waals surface area (Å²) in [7, 11) is 0. The predicted molar refractivity (Wildman–Crippen MR) is 82.9 cm³/mol. The first-order valence-corrected chi connectivity index (χ1v) is 7.78. The molecule has 1 amide bonds. The van der Waals surface area contributed by atoms with Crippen molar-refractivity contribution in [3.05, 3.63) is 0 Å². The average molecular weight is 305 g/mol. The van der Waals surface area contributed by atoms with Crippen molar-refractivity contribution in [1.82, 2.24) is 5.32 Å². The smallest absolute Gasteiger partial charge is 0.237 e. The number of ether oxygens (including phenoxy) is 1. The number of nitrogens with one attached hydrogen (secondary N) is 1. The van der Waals surface area contributed by atoms with Crippen LogP contribution in [0.25, 0.3) is 0 Å². The quantitative estimate of drug-likeness (QED) is 0.836. The Morgan fingerprint density at radius 2 is 2.00 bits per heavy atom. The number of halogens is 1. The fourth-order valence-electron chi connectivity index (χ4n) is 3.40. The minimum atomic E-state index is -0.357. The van der Waals surface area contributed by atoms with Crippen molar-refractivity contribution in [2.24, 2.45) is 23.5 Å². The highest BCUT2D eigenvalue weighted by atomic mass is 35.5. The molecule has 3 unspecified atom stereocenters. The van der Waals surface area contributed by atoms with E-state index in [2.05, 4.69) is 12.2 Å². The SMILES string of the molecule is CC1CCCC(CNC(=O)C(N)C2CCOCC2)C1.Cl. The zero-order valence-corrected chi connectivity index (χ0v) is 13.3. The van der Waals surface area contributed by atoms with E-state index in [4.69, 9.17) is 10.5 Å². The highest BCUT2D eigenvalue weighted by Gasteiger charge is 2.27. The van der Waals surface area contributed by atoms with Gasteiger partial charge in [0.05, 0.1) is 6.04 Å². The number of amides is 1. The molecule has 0 aromatic rings. The van der Waals surface area contributed by atoms with E-state index >= 15 is 0 Å². The Balaban J connectivity index is 0.00000200. The van der Waals surface area contributed by atoms with E-state index in [0.29, 0.717) is 11.8 Å². The van der Waals surface area contributed by atoms with Crippen LogP contribution in [0.1, 0.15) is 45.4 Å². The summed E-state index contributed by atoms with van der Waals surface area (Å²) in [6.45, 7) is 4.60. The van der Waals surface area contributed by atoms with Crippen LogP contribution in [0.3, 0.4) is 0 Å². The third-order valence-corrected chi connectivity index (χ3v) is 4.69. The molecule has 0 radical (unpaired) electrons. The Bertz CT molecular complexity index is 296. The number of hydrogen-bond donors (Lipinski definition) is 2. The molecule has 0 bridgehead atoms. The second-order valence-corrected chi connectivity index (χ2v) is 6.36. The number of carbonyl (C=O) groups excluding carboxylic acids is 1. The van der Waals surface area contributed by atoms with Gasteiger partial charge >= 0.3 is 0 Å². The molecule has 2 aliphatic rings. The molecule has 20 heavy (non-hydrogen) atoms. The Morgan fingerprint density at radius 3 is 2.65 bits per heavy atom. The van der Waals surface area contributed by atoms with Crippen LogP contribution < -0.4 is 11.1 Å².